The molecule has 164 valence electrons. The fraction of sp³-hybridized carbons (Fsp3) is 0.0476. The molecule has 1 unspecified atom stereocenters. The highest BCUT2D eigenvalue weighted by molar-refractivity contribution is 6.04. The van der Waals surface area contributed by atoms with Crippen LogP contribution in [-0.4, -0.2) is 37.1 Å². The van der Waals surface area contributed by atoms with Crippen molar-refractivity contribution in [3.8, 4) is 28.2 Å². The molecule has 33 heavy (non-hydrogen) atoms. The Morgan fingerprint density at radius 3 is 2.55 bits per heavy atom. The standard InChI is InChI=1S/C21H14F2N8O2/c22-14-2-1-3-15(16(14)23)31-19(28-29-30-31)13-8-12(9-25-18(13)24)10-4-6-11(7-5-10)17-20(32)27-21(33)26-17/h1-9,17H,(H2,24,25)(H2,26,27,32,33). The molecule has 2 aromatic heterocycles. The van der Waals surface area contributed by atoms with Crippen molar-refractivity contribution in [1.29, 1.82) is 0 Å². The van der Waals surface area contributed by atoms with E-state index in [1.54, 1.807) is 30.3 Å². The first-order valence-electron chi connectivity index (χ1n) is 9.62. The van der Waals surface area contributed by atoms with Gasteiger partial charge in [0.1, 0.15) is 17.5 Å². The molecule has 3 amide bonds. The molecule has 0 spiro atoms. The number of nitrogen functional groups attached to an aromatic ring is 1. The molecule has 0 bridgehead atoms. The highest BCUT2D eigenvalue weighted by Crippen LogP contribution is 2.30. The van der Waals surface area contributed by atoms with E-state index in [1.807, 2.05) is 0 Å². The number of anilines is 1. The lowest BCUT2D eigenvalue weighted by molar-refractivity contribution is -0.120. The minimum atomic E-state index is -1.10. The zero-order chi connectivity index (χ0) is 23.1. The second kappa shape index (κ2) is 7.75. The number of halogens is 2. The number of aromatic nitrogens is 5. The number of amides is 3. The highest BCUT2D eigenvalue weighted by atomic mass is 19.2. The molecule has 1 saturated heterocycles. The second-order valence-electron chi connectivity index (χ2n) is 7.16. The van der Waals surface area contributed by atoms with Crippen molar-refractivity contribution >= 4 is 17.8 Å². The Morgan fingerprint density at radius 1 is 1.03 bits per heavy atom. The summed E-state index contributed by atoms with van der Waals surface area (Å²) in [7, 11) is 0. The Morgan fingerprint density at radius 2 is 1.82 bits per heavy atom. The number of urea groups is 1. The Kier molecular flexibility index (Phi) is 4.74. The predicted molar refractivity (Wildman–Crippen MR) is 112 cm³/mol. The monoisotopic (exact) mass is 448 g/mol. The van der Waals surface area contributed by atoms with Crippen molar-refractivity contribution < 1.29 is 18.4 Å². The summed E-state index contributed by atoms with van der Waals surface area (Å²) in [5.74, 6) is -2.41. The van der Waals surface area contributed by atoms with Gasteiger partial charge in [0.2, 0.25) is 0 Å². The molecule has 1 atom stereocenters. The van der Waals surface area contributed by atoms with E-state index in [0.29, 0.717) is 16.7 Å². The van der Waals surface area contributed by atoms with E-state index in [9.17, 15) is 18.4 Å². The van der Waals surface area contributed by atoms with Crippen LogP contribution in [0.4, 0.5) is 19.4 Å². The van der Waals surface area contributed by atoms with E-state index in [-0.39, 0.29) is 17.3 Å². The maximum Gasteiger partial charge on any atom is 0.322 e. The summed E-state index contributed by atoms with van der Waals surface area (Å²) in [6, 6.07) is 10.9. The topological polar surface area (TPSA) is 141 Å². The lowest BCUT2D eigenvalue weighted by Crippen LogP contribution is -2.22. The quantitative estimate of drug-likeness (QED) is 0.406. The molecular weight excluding hydrogens is 434 g/mol. The van der Waals surface area contributed by atoms with Crippen LogP contribution in [0.25, 0.3) is 28.2 Å². The fourth-order valence-electron chi connectivity index (χ4n) is 3.51. The molecule has 3 heterocycles. The van der Waals surface area contributed by atoms with Crippen LogP contribution >= 0.6 is 0 Å². The van der Waals surface area contributed by atoms with Crippen molar-refractivity contribution in [2.24, 2.45) is 0 Å². The fourth-order valence-corrected chi connectivity index (χ4v) is 3.51. The average Bonchev–Trinajstić information content (AvgIpc) is 3.42. The SMILES string of the molecule is Nc1ncc(-c2ccc(C3NC(=O)NC3=O)cc2)cc1-c1nnnn1-c1cccc(F)c1F. The van der Waals surface area contributed by atoms with Gasteiger partial charge in [0.05, 0.1) is 5.56 Å². The third-order valence-corrected chi connectivity index (χ3v) is 5.14. The molecule has 4 aromatic rings. The molecule has 12 heteroatoms. The number of nitrogens with one attached hydrogen (secondary N) is 2. The molecule has 0 radical (unpaired) electrons. The number of rotatable bonds is 4. The third kappa shape index (κ3) is 3.52. The smallest absolute Gasteiger partial charge is 0.322 e. The molecule has 4 N–H and O–H groups in total. The van der Waals surface area contributed by atoms with Gasteiger partial charge in [0.25, 0.3) is 5.91 Å². The first kappa shape index (κ1) is 20.2. The number of hydrogen-bond acceptors (Lipinski definition) is 7. The van der Waals surface area contributed by atoms with Crippen LogP contribution in [0.5, 0.6) is 0 Å². The Labute approximate surface area is 184 Å². The summed E-state index contributed by atoms with van der Waals surface area (Å²) in [4.78, 5) is 27.4. The lowest BCUT2D eigenvalue weighted by Gasteiger charge is -2.11. The van der Waals surface area contributed by atoms with E-state index in [0.717, 1.165) is 16.3 Å². The Hall–Kier alpha value is -4.74. The largest absolute Gasteiger partial charge is 0.383 e. The molecule has 1 aliphatic heterocycles. The van der Waals surface area contributed by atoms with Gasteiger partial charge in [0, 0.05) is 11.8 Å². The summed E-state index contributed by atoms with van der Waals surface area (Å²) in [5.41, 5.74) is 8.15. The number of tetrazole rings is 1. The van der Waals surface area contributed by atoms with Gasteiger partial charge in [-0.25, -0.2) is 18.6 Å². The Balaban J connectivity index is 1.52. The van der Waals surface area contributed by atoms with E-state index in [4.69, 9.17) is 5.73 Å². The first-order chi connectivity index (χ1) is 15.9. The zero-order valence-electron chi connectivity index (χ0n) is 16.7. The highest BCUT2D eigenvalue weighted by Gasteiger charge is 2.30. The molecule has 0 saturated carbocycles. The van der Waals surface area contributed by atoms with Crippen LogP contribution in [0.2, 0.25) is 0 Å². The number of nitrogens with zero attached hydrogens (tertiary/aromatic N) is 5. The number of pyridine rings is 1. The van der Waals surface area contributed by atoms with Crippen LogP contribution in [0.1, 0.15) is 11.6 Å². The number of imide groups is 1. The van der Waals surface area contributed by atoms with Gasteiger partial charge in [-0.05, 0) is 39.8 Å². The minimum absolute atomic E-state index is 0.0771. The van der Waals surface area contributed by atoms with E-state index in [2.05, 4.69) is 31.1 Å². The van der Waals surface area contributed by atoms with Gasteiger partial charge < -0.3 is 11.1 Å². The predicted octanol–water partition coefficient (Wildman–Crippen LogP) is 2.13. The minimum Gasteiger partial charge on any atom is -0.383 e. The van der Waals surface area contributed by atoms with Crippen LogP contribution < -0.4 is 16.4 Å². The number of nitrogens with two attached hydrogens (primary N) is 1. The van der Waals surface area contributed by atoms with Gasteiger partial charge in [-0.15, -0.1) is 5.10 Å². The molecule has 10 nitrogen and oxygen atoms in total. The summed E-state index contributed by atoms with van der Waals surface area (Å²) in [6.07, 6.45) is 1.54. The van der Waals surface area contributed by atoms with E-state index in [1.165, 1.54) is 18.3 Å². The van der Waals surface area contributed by atoms with Gasteiger partial charge in [-0.1, -0.05) is 30.3 Å². The van der Waals surface area contributed by atoms with E-state index >= 15 is 0 Å². The van der Waals surface area contributed by atoms with Crippen molar-refractivity contribution in [2.75, 3.05) is 5.73 Å². The molecule has 2 aromatic carbocycles. The molecular formula is C21H14F2N8O2. The van der Waals surface area contributed by atoms with Crippen LogP contribution in [0.15, 0.2) is 54.7 Å². The average molecular weight is 448 g/mol. The van der Waals surface area contributed by atoms with E-state index < -0.39 is 29.6 Å². The summed E-state index contributed by atoms with van der Waals surface area (Å²) < 4.78 is 29.1. The normalized spacial score (nSPS) is 15.4. The van der Waals surface area contributed by atoms with Gasteiger partial charge in [0.15, 0.2) is 17.5 Å². The number of hydrogen-bond donors (Lipinski definition) is 3. The summed E-state index contributed by atoms with van der Waals surface area (Å²) in [6.45, 7) is 0. The molecule has 1 fully saturated rings. The van der Waals surface area contributed by atoms with Crippen molar-refractivity contribution in [3.63, 3.8) is 0 Å². The van der Waals surface area contributed by atoms with Crippen LogP contribution in [0, 0.1) is 11.6 Å². The maximum atomic E-state index is 14.3. The molecule has 0 aliphatic carbocycles. The lowest BCUT2D eigenvalue weighted by atomic mass is 10.0. The number of carbonyl (C=O) groups excluding carboxylic acids is 2. The third-order valence-electron chi connectivity index (χ3n) is 5.14. The van der Waals surface area contributed by atoms with Gasteiger partial charge >= 0.3 is 6.03 Å². The number of carbonyl (C=O) groups is 2. The number of benzene rings is 2. The summed E-state index contributed by atoms with van der Waals surface area (Å²) >= 11 is 0. The van der Waals surface area contributed by atoms with Gasteiger partial charge in [-0.3, -0.25) is 10.1 Å². The summed E-state index contributed by atoms with van der Waals surface area (Å²) in [5, 5.41) is 16.0. The Bertz CT molecular complexity index is 1400. The molecule has 5 rings (SSSR count). The van der Waals surface area contributed by atoms with Crippen LogP contribution in [0.3, 0.4) is 0 Å². The second-order valence-corrected chi connectivity index (χ2v) is 7.16. The van der Waals surface area contributed by atoms with Crippen molar-refractivity contribution in [1.82, 2.24) is 35.8 Å². The van der Waals surface area contributed by atoms with Gasteiger partial charge in [-0.2, -0.15) is 4.68 Å². The molecule has 1 aliphatic rings. The van der Waals surface area contributed by atoms with Crippen molar-refractivity contribution in [2.45, 2.75) is 6.04 Å². The maximum absolute atomic E-state index is 14.3. The van der Waals surface area contributed by atoms with Crippen molar-refractivity contribution in [3.05, 3.63) is 71.9 Å². The first-order valence-corrected chi connectivity index (χ1v) is 9.62. The van der Waals surface area contributed by atoms with Crippen LogP contribution in [-0.2, 0) is 4.79 Å². The zero-order valence-corrected chi connectivity index (χ0v) is 16.7.